The summed E-state index contributed by atoms with van der Waals surface area (Å²) in [5.41, 5.74) is 6.64. The quantitative estimate of drug-likeness (QED) is 0.628. The maximum atomic E-state index is 12.0. The van der Waals surface area contributed by atoms with E-state index in [1.54, 1.807) is 18.2 Å². The molecule has 5 nitrogen and oxygen atoms in total. The minimum Gasteiger partial charge on any atom is -0.493 e. The van der Waals surface area contributed by atoms with Gasteiger partial charge in [-0.15, -0.1) is 0 Å². The highest BCUT2D eigenvalue weighted by atomic mass is 16.5. The average molecular weight is 266 g/mol. The molecule has 0 heterocycles. The normalized spacial score (nSPS) is 12.3. The summed E-state index contributed by atoms with van der Waals surface area (Å²) >= 11 is 0. The van der Waals surface area contributed by atoms with Crippen molar-refractivity contribution >= 4 is 11.7 Å². The van der Waals surface area contributed by atoms with Crippen molar-refractivity contribution in [3.05, 3.63) is 23.8 Å². The van der Waals surface area contributed by atoms with Crippen LogP contribution in [0.25, 0.3) is 0 Å². The fraction of sp³-hybridized carbons (Fsp3) is 0.500. The van der Waals surface area contributed by atoms with Gasteiger partial charge in [0, 0.05) is 17.8 Å². The second-order valence-corrected chi connectivity index (χ2v) is 4.60. The van der Waals surface area contributed by atoms with Crippen LogP contribution in [-0.4, -0.2) is 44.2 Å². The molecule has 0 radical (unpaired) electrons. The standard InChI is InChI=1S/C14H22N2O3/c1-5-18-13-8-11(15)6-7-12(13)14(17)19-9-10(2)16(3)4/h6-8,10H,5,9,15H2,1-4H3/t10-/m0/s1. The molecule has 1 rings (SSSR count). The number of nitrogen functional groups attached to an aromatic ring is 1. The largest absolute Gasteiger partial charge is 0.493 e. The Morgan fingerprint density at radius 3 is 2.68 bits per heavy atom. The first-order valence-corrected chi connectivity index (χ1v) is 6.31. The minimum absolute atomic E-state index is 0.160. The van der Waals surface area contributed by atoms with Gasteiger partial charge in [-0.3, -0.25) is 0 Å². The summed E-state index contributed by atoms with van der Waals surface area (Å²) in [6.07, 6.45) is 0. The van der Waals surface area contributed by atoms with Gasteiger partial charge in [-0.05, 0) is 40.1 Å². The van der Waals surface area contributed by atoms with Crippen LogP contribution in [-0.2, 0) is 4.74 Å². The molecular weight excluding hydrogens is 244 g/mol. The predicted octanol–water partition coefficient (Wildman–Crippen LogP) is 1.77. The first-order valence-electron chi connectivity index (χ1n) is 6.31. The molecule has 2 N–H and O–H groups in total. The zero-order valence-corrected chi connectivity index (χ0v) is 12.0. The third-order valence-electron chi connectivity index (χ3n) is 2.86. The van der Waals surface area contributed by atoms with Gasteiger partial charge in [0.15, 0.2) is 0 Å². The Kier molecular flexibility index (Phi) is 5.63. The molecule has 0 unspecified atom stereocenters. The summed E-state index contributed by atoms with van der Waals surface area (Å²) in [6.45, 7) is 4.64. The second kappa shape index (κ2) is 6.99. The highest BCUT2D eigenvalue weighted by molar-refractivity contribution is 5.93. The number of nitrogens with zero attached hydrogens (tertiary/aromatic N) is 1. The van der Waals surface area contributed by atoms with Crippen LogP contribution in [0.4, 0.5) is 5.69 Å². The fourth-order valence-corrected chi connectivity index (χ4v) is 1.41. The fourth-order valence-electron chi connectivity index (χ4n) is 1.41. The third kappa shape index (κ3) is 4.44. The van der Waals surface area contributed by atoms with E-state index in [1.165, 1.54) is 0 Å². The van der Waals surface area contributed by atoms with Crippen molar-refractivity contribution in [1.29, 1.82) is 0 Å². The lowest BCUT2D eigenvalue weighted by molar-refractivity contribution is 0.0412. The van der Waals surface area contributed by atoms with Gasteiger partial charge in [0.1, 0.15) is 17.9 Å². The van der Waals surface area contributed by atoms with E-state index in [-0.39, 0.29) is 6.04 Å². The first-order chi connectivity index (χ1) is 8.95. The molecule has 5 heteroatoms. The Balaban J connectivity index is 2.76. The number of esters is 1. The van der Waals surface area contributed by atoms with E-state index >= 15 is 0 Å². The Morgan fingerprint density at radius 2 is 2.11 bits per heavy atom. The lowest BCUT2D eigenvalue weighted by Gasteiger charge is -2.19. The zero-order valence-electron chi connectivity index (χ0n) is 12.0. The summed E-state index contributed by atoms with van der Waals surface area (Å²) in [6, 6.07) is 5.08. The monoisotopic (exact) mass is 266 g/mol. The van der Waals surface area contributed by atoms with Crippen LogP contribution in [0.5, 0.6) is 5.75 Å². The number of carbonyl (C=O) groups excluding carboxylic acids is 1. The number of benzene rings is 1. The molecule has 0 saturated carbocycles. The lowest BCUT2D eigenvalue weighted by Crippen LogP contribution is -2.30. The van der Waals surface area contributed by atoms with Crippen LogP contribution in [0.2, 0.25) is 0 Å². The maximum Gasteiger partial charge on any atom is 0.341 e. The Bertz CT molecular complexity index is 433. The van der Waals surface area contributed by atoms with Gasteiger partial charge in [-0.2, -0.15) is 0 Å². The average Bonchev–Trinajstić information content (AvgIpc) is 2.36. The van der Waals surface area contributed by atoms with E-state index < -0.39 is 5.97 Å². The number of nitrogens with two attached hydrogens (primary N) is 1. The van der Waals surface area contributed by atoms with Gasteiger partial charge in [-0.25, -0.2) is 4.79 Å². The van der Waals surface area contributed by atoms with Crippen molar-refractivity contribution in [1.82, 2.24) is 4.90 Å². The molecule has 19 heavy (non-hydrogen) atoms. The highest BCUT2D eigenvalue weighted by Gasteiger charge is 2.16. The maximum absolute atomic E-state index is 12.0. The molecule has 0 aliphatic heterocycles. The van der Waals surface area contributed by atoms with Crippen LogP contribution in [0, 0.1) is 0 Å². The number of anilines is 1. The Hall–Kier alpha value is -1.75. The molecule has 0 fully saturated rings. The number of ether oxygens (including phenoxy) is 2. The van der Waals surface area contributed by atoms with Crippen molar-refractivity contribution in [2.75, 3.05) is 33.0 Å². The molecule has 0 saturated heterocycles. The van der Waals surface area contributed by atoms with Crippen molar-refractivity contribution in [3.8, 4) is 5.75 Å². The third-order valence-corrected chi connectivity index (χ3v) is 2.86. The topological polar surface area (TPSA) is 64.8 Å². The van der Waals surface area contributed by atoms with Crippen molar-refractivity contribution < 1.29 is 14.3 Å². The van der Waals surface area contributed by atoms with Gasteiger partial charge in [0.2, 0.25) is 0 Å². The number of hydrogen-bond donors (Lipinski definition) is 1. The summed E-state index contributed by atoms with van der Waals surface area (Å²) in [7, 11) is 3.88. The molecule has 1 aromatic rings. The van der Waals surface area contributed by atoms with Crippen LogP contribution < -0.4 is 10.5 Å². The molecule has 106 valence electrons. The molecule has 0 amide bonds. The van der Waals surface area contributed by atoms with Crippen LogP contribution in [0.1, 0.15) is 24.2 Å². The molecule has 0 aliphatic carbocycles. The van der Waals surface area contributed by atoms with Crippen molar-refractivity contribution in [2.45, 2.75) is 19.9 Å². The molecule has 1 aromatic carbocycles. The van der Waals surface area contributed by atoms with E-state index in [1.807, 2.05) is 32.8 Å². The lowest BCUT2D eigenvalue weighted by atomic mass is 10.2. The molecular formula is C14H22N2O3. The first kappa shape index (κ1) is 15.3. The number of rotatable bonds is 6. The SMILES string of the molecule is CCOc1cc(N)ccc1C(=O)OC[C@H](C)N(C)C. The second-order valence-electron chi connectivity index (χ2n) is 4.60. The van der Waals surface area contributed by atoms with Crippen LogP contribution in [0.3, 0.4) is 0 Å². The van der Waals surface area contributed by atoms with Gasteiger partial charge in [0.25, 0.3) is 0 Å². The van der Waals surface area contributed by atoms with Gasteiger partial charge in [-0.1, -0.05) is 0 Å². The van der Waals surface area contributed by atoms with E-state index in [9.17, 15) is 4.79 Å². The van der Waals surface area contributed by atoms with E-state index in [0.717, 1.165) is 0 Å². The molecule has 0 spiro atoms. The highest BCUT2D eigenvalue weighted by Crippen LogP contribution is 2.22. The van der Waals surface area contributed by atoms with Crippen LogP contribution in [0.15, 0.2) is 18.2 Å². The van der Waals surface area contributed by atoms with Crippen molar-refractivity contribution in [2.24, 2.45) is 0 Å². The van der Waals surface area contributed by atoms with Gasteiger partial charge < -0.3 is 20.1 Å². The van der Waals surface area contributed by atoms with Crippen LogP contribution >= 0.6 is 0 Å². The summed E-state index contributed by atoms with van der Waals surface area (Å²) in [5, 5.41) is 0. The number of hydrogen-bond acceptors (Lipinski definition) is 5. The van der Waals surface area contributed by atoms with Gasteiger partial charge >= 0.3 is 5.97 Å². The number of likely N-dealkylation sites (N-methyl/N-ethyl adjacent to an activating group) is 1. The summed E-state index contributed by atoms with van der Waals surface area (Å²) in [4.78, 5) is 14.0. The van der Waals surface area contributed by atoms with Crippen molar-refractivity contribution in [3.63, 3.8) is 0 Å². The minimum atomic E-state index is -0.392. The summed E-state index contributed by atoms with van der Waals surface area (Å²) in [5.74, 6) is 0.0714. The smallest absolute Gasteiger partial charge is 0.341 e. The molecule has 1 atom stereocenters. The van der Waals surface area contributed by atoms with E-state index in [0.29, 0.717) is 30.2 Å². The number of carbonyl (C=O) groups is 1. The Morgan fingerprint density at radius 1 is 1.42 bits per heavy atom. The molecule has 0 bridgehead atoms. The molecule has 0 aromatic heterocycles. The van der Waals surface area contributed by atoms with E-state index in [2.05, 4.69) is 0 Å². The van der Waals surface area contributed by atoms with E-state index in [4.69, 9.17) is 15.2 Å². The summed E-state index contributed by atoms with van der Waals surface area (Å²) < 4.78 is 10.7. The van der Waals surface area contributed by atoms with Gasteiger partial charge in [0.05, 0.1) is 6.61 Å². The predicted molar refractivity (Wildman–Crippen MR) is 75.5 cm³/mol. The molecule has 0 aliphatic rings. The Labute approximate surface area is 114 Å². The zero-order chi connectivity index (χ0) is 14.4.